The summed E-state index contributed by atoms with van der Waals surface area (Å²) in [7, 11) is 0. The van der Waals surface area contributed by atoms with Crippen molar-refractivity contribution in [2.75, 3.05) is 4.90 Å². The fourth-order valence-electron chi connectivity index (χ4n) is 10.1. The molecule has 0 amide bonds. The van der Waals surface area contributed by atoms with E-state index in [4.69, 9.17) is 0 Å². The highest BCUT2D eigenvalue weighted by Crippen LogP contribution is 2.51. The van der Waals surface area contributed by atoms with Crippen LogP contribution in [0.25, 0.3) is 77.2 Å². The highest BCUT2D eigenvalue weighted by atomic mass is 15.1. The molecule has 1 aliphatic carbocycles. The van der Waals surface area contributed by atoms with Crippen molar-refractivity contribution < 1.29 is 0 Å². The molecule has 284 valence electrons. The van der Waals surface area contributed by atoms with Crippen LogP contribution in [0.1, 0.15) is 25.0 Å². The lowest BCUT2D eigenvalue weighted by Gasteiger charge is -2.29. The lowest BCUT2D eigenvalue weighted by molar-refractivity contribution is 0.660. The van der Waals surface area contributed by atoms with Gasteiger partial charge in [0.25, 0.3) is 0 Å². The number of para-hydroxylation sites is 5. The molecule has 2 aromatic heterocycles. The van der Waals surface area contributed by atoms with Crippen molar-refractivity contribution in [1.82, 2.24) is 9.13 Å². The lowest BCUT2D eigenvalue weighted by atomic mass is 9.82. The van der Waals surface area contributed by atoms with Gasteiger partial charge in [0, 0.05) is 61.0 Å². The third kappa shape index (κ3) is 5.09. The standard InChI is InChI=1S/C57H41N3/c1-57(2)51-27-15-12-24-44(51)45-32-31-42(37-52(45)57)58(39-18-6-3-7-19-39)43-35-48(56-50(36-43)47-26-14-17-29-54(47)60(56)41-22-10-5-11-23-41)38-30-33-55-49(34-38)46-25-13-16-28-53(46)59(55)40-20-8-4-9-21-40/h3-37H,1-2H3. The van der Waals surface area contributed by atoms with Gasteiger partial charge in [0.2, 0.25) is 0 Å². The maximum absolute atomic E-state index is 2.46. The molecule has 0 bridgehead atoms. The first-order chi connectivity index (χ1) is 29.5. The first kappa shape index (κ1) is 34.4. The summed E-state index contributed by atoms with van der Waals surface area (Å²) in [4.78, 5) is 2.46. The molecule has 0 saturated carbocycles. The van der Waals surface area contributed by atoms with E-state index in [0.29, 0.717) is 0 Å². The topological polar surface area (TPSA) is 13.1 Å². The summed E-state index contributed by atoms with van der Waals surface area (Å²) in [5, 5.41) is 4.90. The van der Waals surface area contributed by atoms with E-state index >= 15 is 0 Å². The van der Waals surface area contributed by atoms with Gasteiger partial charge in [0.1, 0.15) is 0 Å². The summed E-state index contributed by atoms with van der Waals surface area (Å²) < 4.78 is 4.86. The molecule has 9 aromatic carbocycles. The van der Waals surface area contributed by atoms with Gasteiger partial charge < -0.3 is 14.0 Å². The van der Waals surface area contributed by atoms with E-state index in [2.05, 4.69) is 240 Å². The summed E-state index contributed by atoms with van der Waals surface area (Å²) in [6, 6.07) is 78.0. The number of aromatic nitrogens is 2. The van der Waals surface area contributed by atoms with Gasteiger partial charge in [-0.3, -0.25) is 0 Å². The number of hydrogen-bond donors (Lipinski definition) is 0. The summed E-state index contributed by atoms with van der Waals surface area (Å²) in [6.07, 6.45) is 0. The van der Waals surface area contributed by atoms with E-state index in [9.17, 15) is 0 Å². The number of fused-ring (bicyclic) bond motifs is 9. The van der Waals surface area contributed by atoms with Crippen molar-refractivity contribution in [3.05, 3.63) is 223 Å². The highest BCUT2D eigenvalue weighted by molar-refractivity contribution is 6.17. The fourth-order valence-corrected chi connectivity index (χ4v) is 10.1. The third-order valence-corrected chi connectivity index (χ3v) is 12.9. The zero-order valence-electron chi connectivity index (χ0n) is 33.5. The van der Waals surface area contributed by atoms with Crippen molar-refractivity contribution in [2.24, 2.45) is 0 Å². The Kier molecular flexibility index (Phi) is 7.58. The Hall–Kier alpha value is -7.62. The molecule has 11 aromatic rings. The lowest BCUT2D eigenvalue weighted by Crippen LogP contribution is -2.16. The first-order valence-electron chi connectivity index (χ1n) is 20.9. The Labute approximate surface area is 349 Å². The van der Waals surface area contributed by atoms with Gasteiger partial charge in [-0.25, -0.2) is 0 Å². The third-order valence-electron chi connectivity index (χ3n) is 12.9. The van der Waals surface area contributed by atoms with Gasteiger partial charge in [0.05, 0.1) is 22.1 Å². The van der Waals surface area contributed by atoms with Crippen molar-refractivity contribution >= 4 is 60.7 Å². The molecule has 1 aliphatic rings. The Morgan fingerprint density at radius 3 is 1.65 bits per heavy atom. The molecule has 3 nitrogen and oxygen atoms in total. The molecular formula is C57H41N3. The number of hydrogen-bond acceptors (Lipinski definition) is 1. The molecule has 0 aliphatic heterocycles. The predicted octanol–water partition coefficient (Wildman–Crippen LogP) is 15.3. The van der Waals surface area contributed by atoms with Crippen LogP contribution in [-0.4, -0.2) is 9.13 Å². The maximum atomic E-state index is 2.46. The second kappa shape index (κ2) is 13.2. The summed E-state index contributed by atoms with van der Waals surface area (Å²) >= 11 is 0. The van der Waals surface area contributed by atoms with Crippen LogP contribution in [-0.2, 0) is 5.41 Å². The van der Waals surface area contributed by atoms with Crippen LogP contribution in [0, 0.1) is 0 Å². The number of anilines is 3. The van der Waals surface area contributed by atoms with Crippen LogP contribution >= 0.6 is 0 Å². The van der Waals surface area contributed by atoms with Crippen LogP contribution < -0.4 is 4.90 Å². The van der Waals surface area contributed by atoms with E-state index in [-0.39, 0.29) is 5.41 Å². The number of rotatable bonds is 6. The Morgan fingerprint density at radius 2 is 0.917 bits per heavy atom. The van der Waals surface area contributed by atoms with Crippen molar-refractivity contribution in [2.45, 2.75) is 19.3 Å². The van der Waals surface area contributed by atoms with E-state index in [0.717, 1.165) is 28.4 Å². The van der Waals surface area contributed by atoms with Gasteiger partial charge in [-0.2, -0.15) is 0 Å². The zero-order valence-corrected chi connectivity index (χ0v) is 33.5. The summed E-state index contributed by atoms with van der Waals surface area (Å²) in [5.41, 5.74) is 18.0. The van der Waals surface area contributed by atoms with Crippen molar-refractivity contribution in [3.8, 4) is 33.6 Å². The van der Waals surface area contributed by atoms with Crippen molar-refractivity contribution in [3.63, 3.8) is 0 Å². The molecule has 0 unspecified atom stereocenters. The van der Waals surface area contributed by atoms with Crippen LogP contribution in [0.15, 0.2) is 212 Å². The molecule has 2 heterocycles. The van der Waals surface area contributed by atoms with Crippen LogP contribution in [0.3, 0.4) is 0 Å². The Bertz CT molecular complexity index is 3450. The Balaban J connectivity index is 1.17. The predicted molar refractivity (Wildman–Crippen MR) is 253 cm³/mol. The zero-order chi connectivity index (χ0) is 40.0. The van der Waals surface area contributed by atoms with Gasteiger partial charge in [0.15, 0.2) is 0 Å². The fraction of sp³-hybridized carbons (Fsp3) is 0.0526. The van der Waals surface area contributed by atoms with Gasteiger partial charge in [-0.1, -0.05) is 141 Å². The second-order valence-corrected chi connectivity index (χ2v) is 16.6. The molecule has 0 spiro atoms. The minimum Gasteiger partial charge on any atom is -0.310 e. The Morgan fingerprint density at radius 1 is 0.350 bits per heavy atom. The monoisotopic (exact) mass is 767 g/mol. The van der Waals surface area contributed by atoms with Crippen molar-refractivity contribution in [1.29, 1.82) is 0 Å². The van der Waals surface area contributed by atoms with E-state index in [1.807, 2.05) is 0 Å². The SMILES string of the molecule is CC1(C)c2ccccc2-c2ccc(N(c3ccccc3)c3cc(-c4ccc5c(c4)c4ccccc4n5-c4ccccc4)c4c(c3)c3ccccc3n4-c3ccccc3)cc21. The number of benzene rings is 9. The van der Waals surface area contributed by atoms with E-state index in [1.165, 1.54) is 77.0 Å². The molecule has 0 fully saturated rings. The normalized spacial score (nSPS) is 13.0. The smallest absolute Gasteiger partial charge is 0.0621 e. The molecule has 12 rings (SSSR count). The van der Waals surface area contributed by atoms with Crippen LogP contribution in [0.2, 0.25) is 0 Å². The summed E-state index contributed by atoms with van der Waals surface area (Å²) in [5.74, 6) is 0. The summed E-state index contributed by atoms with van der Waals surface area (Å²) in [6.45, 7) is 4.73. The largest absolute Gasteiger partial charge is 0.310 e. The van der Waals surface area contributed by atoms with E-state index in [1.54, 1.807) is 0 Å². The molecular weight excluding hydrogens is 727 g/mol. The highest BCUT2D eigenvalue weighted by Gasteiger charge is 2.36. The van der Waals surface area contributed by atoms with Crippen LogP contribution in [0.4, 0.5) is 17.1 Å². The molecule has 0 N–H and O–H groups in total. The quantitative estimate of drug-likeness (QED) is 0.164. The van der Waals surface area contributed by atoms with Crippen LogP contribution in [0.5, 0.6) is 0 Å². The van der Waals surface area contributed by atoms with E-state index < -0.39 is 0 Å². The molecule has 0 radical (unpaired) electrons. The van der Waals surface area contributed by atoms with Gasteiger partial charge >= 0.3 is 0 Å². The first-order valence-corrected chi connectivity index (χ1v) is 20.9. The maximum Gasteiger partial charge on any atom is 0.0621 e. The van der Waals surface area contributed by atoms with Gasteiger partial charge in [-0.05, 0) is 113 Å². The molecule has 3 heteroatoms. The minimum absolute atomic E-state index is 0.128. The average molecular weight is 768 g/mol. The van der Waals surface area contributed by atoms with Gasteiger partial charge in [-0.15, -0.1) is 0 Å². The molecule has 0 saturated heterocycles. The molecule has 0 atom stereocenters. The average Bonchev–Trinajstić information content (AvgIpc) is 3.90. The second-order valence-electron chi connectivity index (χ2n) is 16.6. The minimum atomic E-state index is -0.128. The molecule has 60 heavy (non-hydrogen) atoms. The number of nitrogens with zero attached hydrogens (tertiary/aromatic N) is 3.